The van der Waals surface area contributed by atoms with Crippen LogP contribution in [-0.4, -0.2) is 55.6 Å². The molecule has 0 spiro atoms. The minimum atomic E-state index is -0.540. The molecule has 0 bridgehead atoms. The van der Waals surface area contributed by atoms with Crippen molar-refractivity contribution in [2.75, 3.05) is 26.1 Å². The molecule has 3 atom stereocenters. The van der Waals surface area contributed by atoms with E-state index < -0.39 is 6.04 Å². The number of rotatable bonds is 7. The summed E-state index contributed by atoms with van der Waals surface area (Å²) < 4.78 is 15.7. The number of esters is 1. The Morgan fingerprint density at radius 3 is 2.50 bits per heavy atom. The Kier molecular flexibility index (Phi) is 7.35. The van der Waals surface area contributed by atoms with E-state index in [1.807, 2.05) is 0 Å². The molecule has 2 fully saturated rings. The summed E-state index contributed by atoms with van der Waals surface area (Å²) in [5.74, 6) is 0.615. The number of nitrogens with one attached hydrogen (secondary N) is 1. The molecule has 2 aromatic carbocycles. The molecule has 0 aromatic heterocycles. The van der Waals surface area contributed by atoms with Crippen molar-refractivity contribution in [2.45, 2.75) is 44.2 Å². The van der Waals surface area contributed by atoms with Crippen LogP contribution in [0.25, 0.3) is 0 Å². The highest BCUT2D eigenvalue weighted by Crippen LogP contribution is 2.40. The third kappa shape index (κ3) is 5.16. The zero-order chi connectivity index (χ0) is 24.1. The molecule has 1 saturated heterocycles. The van der Waals surface area contributed by atoms with Gasteiger partial charge in [-0.1, -0.05) is 18.9 Å². The highest BCUT2D eigenvalue weighted by Gasteiger charge is 2.48. The summed E-state index contributed by atoms with van der Waals surface area (Å²) in [6.45, 7) is -0.176. The van der Waals surface area contributed by atoms with Crippen molar-refractivity contribution in [1.82, 2.24) is 4.90 Å². The fourth-order valence-corrected chi connectivity index (χ4v) is 4.99. The summed E-state index contributed by atoms with van der Waals surface area (Å²) in [6.07, 6.45) is 4.80. The van der Waals surface area contributed by atoms with Crippen LogP contribution in [0.1, 0.15) is 42.5 Å². The Hall–Kier alpha value is -3.55. The Morgan fingerprint density at radius 2 is 1.76 bits per heavy atom. The lowest BCUT2D eigenvalue weighted by Gasteiger charge is -2.33. The lowest BCUT2D eigenvalue weighted by atomic mass is 9.84. The van der Waals surface area contributed by atoms with E-state index in [9.17, 15) is 14.4 Å². The zero-order valence-corrected chi connectivity index (χ0v) is 19.5. The minimum absolute atomic E-state index is 0.0709. The number of hydrogen-bond acceptors (Lipinski definition) is 6. The van der Waals surface area contributed by atoms with Gasteiger partial charge in [0.15, 0.2) is 6.61 Å². The lowest BCUT2D eigenvalue weighted by Crippen LogP contribution is -2.46. The first-order chi connectivity index (χ1) is 16.5. The summed E-state index contributed by atoms with van der Waals surface area (Å²) in [5.41, 5.74) is 1.09. The number of nitrogens with zero attached hydrogens (tertiary/aromatic N) is 1. The standard InChI is InChI=1S/C26H30N2O6/c1-32-21-8-5-7-19(15-21)27-24(29)16-34-20-12-10-17(11-13-20)25(30)28-22-9-4-3-6-18(22)14-23(28)26(31)33-2/h5,7-8,10-13,15,18,22-23H,3-4,6,9,14,16H2,1-2H3,(H,27,29). The Bertz CT molecular complexity index is 1040. The van der Waals surface area contributed by atoms with Gasteiger partial charge in [-0.25, -0.2) is 4.79 Å². The first kappa shape index (κ1) is 23.6. The molecule has 1 aliphatic carbocycles. The summed E-state index contributed by atoms with van der Waals surface area (Å²) >= 11 is 0. The number of benzene rings is 2. The highest BCUT2D eigenvalue weighted by molar-refractivity contribution is 5.97. The third-order valence-electron chi connectivity index (χ3n) is 6.62. The molecule has 3 unspecified atom stereocenters. The number of methoxy groups -OCH3 is 2. The summed E-state index contributed by atoms with van der Waals surface area (Å²) in [4.78, 5) is 39.7. The second-order valence-corrected chi connectivity index (χ2v) is 8.69. The Labute approximate surface area is 199 Å². The normalized spacial score (nSPS) is 21.4. The fourth-order valence-electron chi connectivity index (χ4n) is 4.99. The molecule has 1 N–H and O–H groups in total. The van der Waals surface area contributed by atoms with Gasteiger partial charge in [0.2, 0.25) is 0 Å². The van der Waals surface area contributed by atoms with Gasteiger partial charge in [-0.3, -0.25) is 9.59 Å². The molecular formula is C26H30N2O6. The maximum Gasteiger partial charge on any atom is 0.328 e. The summed E-state index contributed by atoms with van der Waals surface area (Å²) in [5, 5.41) is 2.75. The number of hydrogen-bond donors (Lipinski definition) is 1. The van der Waals surface area contributed by atoms with Gasteiger partial charge < -0.3 is 24.4 Å². The van der Waals surface area contributed by atoms with Crippen LogP contribution < -0.4 is 14.8 Å². The number of anilines is 1. The van der Waals surface area contributed by atoms with Gasteiger partial charge in [0.05, 0.1) is 14.2 Å². The zero-order valence-electron chi connectivity index (χ0n) is 19.5. The van der Waals surface area contributed by atoms with Crippen LogP contribution >= 0.6 is 0 Å². The van der Waals surface area contributed by atoms with Gasteiger partial charge in [0.25, 0.3) is 11.8 Å². The smallest absolute Gasteiger partial charge is 0.328 e. The number of ether oxygens (including phenoxy) is 3. The molecular weight excluding hydrogens is 436 g/mol. The van der Waals surface area contributed by atoms with Crippen LogP contribution in [0.2, 0.25) is 0 Å². The van der Waals surface area contributed by atoms with Gasteiger partial charge in [0, 0.05) is 23.4 Å². The Balaban J connectivity index is 1.38. The predicted molar refractivity (Wildman–Crippen MR) is 126 cm³/mol. The van der Waals surface area contributed by atoms with Crippen LogP contribution in [0.3, 0.4) is 0 Å². The number of carbonyl (C=O) groups is 3. The van der Waals surface area contributed by atoms with Crippen molar-refractivity contribution in [3.63, 3.8) is 0 Å². The molecule has 4 rings (SSSR count). The molecule has 180 valence electrons. The monoisotopic (exact) mass is 466 g/mol. The maximum atomic E-state index is 13.4. The van der Waals surface area contributed by atoms with Gasteiger partial charge in [0.1, 0.15) is 17.5 Å². The molecule has 1 aliphatic heterocycles. The van der Waals surface area contributed by atoms with Gasteiger partial charge in [-0.15, -0.1) is 0 Å². The van der Waals surface area contributed by atoms with E-state index in [0.717, 1.165) is 25.7 Å². The lowest BCUT2D eigenvalue weighted by molar-refractivity contribution is -0.145. The van der Waals surface area contributed by atoms with Crippen molar-refractivity contribution in [3.8, 4) is 11.5 Å². The van der Waals surface area contributed by atoms with E-state index in [0.29, 0.717) is 35.1 Å². The van der Waals surface area contributed by atoms with E-state index in [-0.39, 0.29) is 30.4 Å². The Morgan fingerprint density at radius 1 is 1.00 bits per heavy atom. The van der Waals surface area contributed by atoms with Gasteiger partial charge in [-0.05, 0) is 61.6 Å². The minimum Gasteiger partial charge on any atom is -0.497 e. The van der Waals surface area contributed by atoms with Gasteiger partial charge in [-0.2, -0.15) is 0 Å². The number of amides is 2. The van der Waals surface area contributed by atoms with Crippen LogP contribution in [0, 0.1) is 5.92 Å². The van der Waals surface area contributed by atoms with Crippen LogP contribution in [0.4, 0.5) is 5.69 Å². The van der Waals surface area contributed by atoms with E-state index in [1.54, 1.807) is 60.5 Å². The molecule has 8 nitrogen and oxygen atoms in total. The molecule has 2 aromatic rings. The number of likely N-dealkylation sites (tertiary alicyclic amines) is 1. The molecule has 2 aliphatic rings. The fraction of sp³-hybridized carbons (Fsp3) is 0.423. The van der Waals surface area contributed by atoms with Gasteiger partial charge >= 0.3 is 5.97 Å². The quantitative estimate of drug-likeness (QED) is 0.626. The van der Waals surface area contributed by atoms with Crippen molar-refractivity contribution < 1.29 is 28.6 Å². The molecule has 34 heavy (non-hydrogen) atoms. The number of fused-ring (bicyclic) bond motifs is 1. The van der Waals surface area contributed by atoms with E-state index in [1.165, 1.54) is 7.11 Å². The molecule has 1 heterocycles. The van der Waals surface area contributed by atoms with Crippen molar-refractivity contribution in [2.24, 2.45) is 5.92 Å². The third-order valence-corrected chi connectivity index (χ3v) is 6.62. The van der Waals surface area contributed by atoms with E-state index >= 15 is 0 Å². The average Bonchev–Trinajstić information content (AvgIpc) is 3.26. The second-order valence-electron chi connectivity index (χ2n) is 8.69. The first-order valence-corrected chi connectivity index (χ1v) is 11.6. The molecule has 2 amide bonds. The van der Waals surface area contributed by atoms with Crippen LogP contribution in [0.15, 0.2) is 48.5 Å². The van der Waals surface area contributed by atoms with E-state index in [2.05, 4.69) is 5.32 Å². The molecule has 8 heteroatoms. The summed E-state index contributed by atoms with van der Waals surface area (Å²) in [6, 6.07) is 13.2. The second kappa shape index (κ2) is 10.6. The average molecular weight is 467 g/mol. The predicted octanol–water partition coefficient (Wildman–Crippen LogP) is 3.66. The van der Waals surface area contributed by atoms with Crippen LogP contribution in [0.5, 0.6) is 11.5 Å². The van der Waals surface area contributed by atoms with Crippen molar-refractivity contribution in [1.29, 1.82) is 0 Å². The summed E-state index contributed by atoms with van der Waals surface area (Å²) in [7, 11) is 2.93. The SMILES string of the molecule is COC(=O)C1CC2CCCCC2N1C(=O)c1ccc(OCC(=O)Nc2cccc(OC)c2)cc1. The maximum absolute atomic E-state index is 13.4. The van der Waals surface area contributed by atoms with Crippen LogP contribution in [-0.2, 0) is 14.3 Å². The largest absolute Gasteiger partial charge is 0.497 e. The highest BCUT2D eigenvalue weighted by atomic mass is 16.5. The van der Waals surface area contributed by atoms with E-state index in [4.69, 9.17) is 14.2 Å². The molecule has 0 radical (unpaired) electrons. The first-order valence-electron chi connectivity index (χ1n) is 11.6. The number of carbonyl (C=O) groups excluding carboxylic acids is 3. The van der Waals surface area contributed by atoms with Crippen molar-refractivity contribution in [3.05, 3.63) is 54.1 Å². The van der Waals surface area contributed by atoms with Crippen molar-refractivity contribution >= 4 is 23.5 Å². The molecule has 1 saturated carbocycles. The topological polar surface area (TPSA) is 94.2 Å².